The first-order chi connectivity index (χ1) is 14.1. The number of esters is 1. The lowest BCUT2D eigenvalue weighted by molar-refractivity contribution is -0.146. The SMILES string of the molecule is CCNC(=NCc1ccc(CN2CCCC2=O)cc1)N1CCC(C(=O)OC)CC1. The van der Waals surface area contributed by atoms with E-state index in [-0.39, 0.29) is 17.8 Å². The number of nitrogens with zero attached hydrogens (tertiary/aromatic N) is 3. The van der Waals surface area contributed by atoms with E-state index < -0.39 is 0 Å². The Morgan fingerprint density at radius 1 is 1.17 bits per heavy atom. The van der Waals surface area contributed by atoms with Gasteiger partial charge in [-0.3, -0.25) is 9.59 Å². The van der Waals surface area contributed by atoms with Gasteiger partial charge in [0.2, 0.25) is 5.91 Å². The van der Waals surface area contributed by atoms with Crippen molar-refractivity contribution in [3.63, 3.8) is 0 Å². The topological polar surface area (TPSA) is 74.2 Å². The molecule has 0 aromatic heterocycles. The zero-order chi connectivity index (χ0) is 20.6. The van der Waals surface area contributed by atoms with E-state index >= 15 is 0 Å². The van der Waals surface area contributed by atoms with E-state index in [1.807, 2.05) is 4.90 Å². The molecule has 2 aliphatic heterocycles. The third kappa shape index (κ3) is 5.71. The van der Waals surface area contributed by atoms with Gasteiger partial charge in [0.05, 0.1) is 19.6 Å². The Balaban J connectivity index is 1.56. The standard InChI is InChI=1S/C22H32N4O3/c1-3-23-22(25-13-10-19(11-14-25)21(28)29-2)24-15-17-6-8-18(9-7-17)16-26-12-4-5-20(26)27/h6-9,19H,3-5,10-16H2,1-2H3,(H,23,24). The number of amides is 1. The van der Waals surface area contributed by atoms with Crippen molar-refractivity contribution in [2.24, 2.45) is 10.9 Å². The average Bonchev–Trinajstić information content (AvgIpc) is 3.16. The highest BCUT2D eigenvalue weighted by Crippen LogP contribution is 2.19. The Kier molecular flexibility index (Phi) is 7.49. The van der Waals surface area contributed by atoms with Crippen LogP contribution in [0.2, 0.25) is 0 Å². The molecule has 1 N–H and O–H groups in total. The van der Waals surface area contributed by atoms with Crippen molar-refractivity contribution in [3.05, 3.63) is 35.4 Å². The summed E-state index contributed by atoms with van der Waals surface area (Å²) in [5.74, 6) is 1.03. The molecule has 2 saturated heterocycles. The highest BCUT2D eigenvalue weighted by Gasteiger charge is 2.27. The van der Waals surface area contributed by atoms with Crippen LogP contribution < -0.4 is 5.32 Å². The summed E-state index contributed by atoms with van der Waals surface area (Å²) in [6.07, 6.45) is 3.23. The molecule has 1 amide bonds. The molecule has 7 heteroatoms. The lowest BCUT2D eigenvalue weighted by Gasteiger charge is -2.33. The fourth-order valence-corrected chi connectivity index (χ4v) is 3.93. The molecule has 2 fully saturated rings. The fraction of sp³-hybridized carbons (Fsp3) is 0.591. The first-order valence-electron chi connectivity index (χ1n) is 10.6. The summed E-state index contributed by atoms with van der Waals surface area (Å²) in [7, 11) is 1.45. The second-order valence-electron chi connectivity index (χ2n) is 7.69. The number of aliphatic imine (C=N–C) groups is 1. The Morgan fingerprint density at radius 3 is 2.45 bits per heavy atom. The highest BCUT2D eigenvalue weighted by atomic mass is 16.5. The van der Waals surface area contributed by atoms with Crippen molar-refractivity contribution >= 4 is 17.8 Å². The quantitative estimate of drug-likeness (QED) is 0.450. The van der Waals surface area contributed by atoms with Gasteiger partial charge in [-0.15, -0.1) is 0 Å². The van der Waals surface area contributed by atoms with Crippen molar-refractivity contribution < 1.29 is 14.3 Å². The Labute approximate surface area is 173 Å². The number of likely N-dealkylation sites (tertiary alicyclic amines) is 2. The van der Waals surface area contributed by atoms with Crippen LogP contribution in [-0.4, -0.2) is 60.9 Å². The summed E-state index contributed by atoms with van der Waals surface area (Å²) in [5, 5.41) is 3.36. The smallest absolute Gasteiger partial charge is 0.308 e. The van der Waals surface area contributed by atoms with Crippen LogP contribution in [0.15, 0.2) is 29.3 Å². The van der Waals surface area contributed by atoms with E-state index in [1.54, 1.807) is 0 Å². The van der Waals surface area contributed by atoms with E-state index in [9.17, 15) is 9.59 Å². The lowest BCUT2D eigenvalue weighted by atomic mass is 9.97. The number of carbonyl (C=O) groups is 2. The predicted molar refractivity (Wildman–Crippen MR) is 112 cm³/mol. The van der Waals surface area contributed by atoms with Crippen LogP contribution in [0.4, 0.5) is 0 Å². The minimum atomic E-state index is -0.109. The van der Waals surface area contributed by atoms with E-state index in [4.69, 9.17) is 9.73 Å². The first kappa shape index (κ1) is 21.1. The molecule has 1 aromatic carbocycles. The van der Waals surface area contributed by atoms with E-state index in [0.717, 1.165) is 62.5 Å². The number of hydrogen-bond acceptors (Lipinski definition) is 4. The zero-order valence-electron chi connectivity index (χ0n) is 17.5. The largest absolute Gasteiger partial charge is 0.469 e. The maximum Gasteiger partial charge on any atom is 0.308 e. The highest BCUT2D eigenvalue weighted by molar-refractivity contribution is 5.80. The van der Waals surface area contributed by atoms with Gasteiger partial charge in [0.25, 0.3) is 0 Å². The first-order valence-corrected chi connectivity index (χ1v) is 10.6. The number of hydrogen-bond donors (Lipinski definition) is 1. The van der Waals surface area contributed by atoms with E-state index in [2.05, 4.69) is 41.4 Å². The molecule has 158 valence electrons. The van der Waals surface area contributed by atoms with Crippen molar-refractivity contribution in [1.82, 2.24) is 15.1 Å². The maximum absolute atomic E-state index is 11.8. The molecule has 7 nitrogen and oxygen atoms in total. The van der Waals surface area contributed by atoms with E-state index in [1.165, 1.54) is 7.11 Å². The summed E-state index contributed by atoms with van der Waals surface area (Å²) >= 11 is 0. The van der Waals surface area contributed by atoms with Gasteiger partial charge in [0.1, 0.15) is 0 Å². The van der Waals surface area contributed by atoms with Crippen LogP contribution in [0.1, 0.15) is 43.7 Å². The summed E-state index contributed by atoms with van der Waals surface area (Å²) in [5.41, 5.74) is 2.30. The number of methoxy groups -OCH3 is 1. The minimum absolute atomic E-state index is 0.00541. The van der Waals surface area contributed by atoms with Gasteiger partial charge in [-0.1, -0.05) is 24.3 Å². The number of nitrogens with one attached hydrogen (secondary N) is 1. The Morgan fingerprint density at radius 2 is 1.86 bits per heavy atom. The molecule has 1 aromatic rings. The number of carbonyl (C=O) groups excluding carboxylic acids is 2. The molecule has 2 heterocycles. The molecule has 29 heavy (non-hydrogen) atoms. The van der Waals surface area contributed by atoms with Gasteiger partial charge in [0.15, 0.2) is 5.96 Å². The molecule has 0 spiro atoms. The van der Waals surface area contributed by atoms with Crippen LogP contribution >= 0.6 is 0 Å². The van der Waals surface area contributed by atoms with Crippen molar-refractivity contribution in [3.8, 4) is 0 Å². The number of benzene rings is 1. The van der Waals surface area contributed by atoms with Crippen LogP contribution in [-0.2, 0) is 27.4 Å². The van der Waals surface area contributed by atoms with Gasteiger partial charge < -0.3 is 19.9 Å². The Hall–Kier alpha value is -2.57. The summed E-state index contributed by atoms with van der Waals surface area (Å²) in [6, 6.07) is 8.36. The van der Waals surface area contributed by atoms with Crippen LogP contribution in [0.25, 0.3) is 0 Å². The summed E-state index contributed by atoms with van der Waals surface area (Å²) < 4.78 is 4.87. The average molecular weight is 401 g/mol. The number of piperidine rings is 1. The van der Waals surface area contributed by atoms with Crippen molar-refractivity contribution in [2.45, 2.75) is 45.7 Å². The second-order valence-corrected chi connectivity index (χ2v) is 7.69. The monoisotopic (exact) mass is 400 g/mol. The summed E-state index contributed by atoms with van der Waals surface area (Å²) in [6.45, 7) is 6.62. The minimum Gasteiger partial charge on any atom is -0.469 e. The molecule has 0 unspecified atom stereocenters. The van der Waals surface area contributed by atoms with E-state index in [0.29, 0.717) is 19.5 Å². The third-order valence-electron chi connectivity index (χ3n) is 5.64. The molecule has 0 bridgehead atoms. The molecular formula is C22H32N4O3. The number of guanidine groups is 1. The van der Waals surface area contributed by atoms with Gasteiger partial charge in [-0.25, -0.2) is 4.99 Å². The maximum atomic E-state index is 11.8. The fourth-order valence-electron chi connectivity index (χ4n) is 3.93. The van der Waals surface area contributed by atoms with Crippen LogP contribution in [0, 0.1) is 5.92 Å². The lowest BCUT2D eigenvalue weighted by Crippen LogP contribution is -2.46. The summed E-state index contributed by atoms with van der Waals surface area (Å²) in [4.78, 5) is 32.4. The van der Waals surface area contributed by atoms with Crippen molar-refractivity contribution in [2.75, 3.05) is 33.3 Å². The molecule has 2 aliphatic rings. The number of rotatable bonds is 6. The van der Waals surface area contributed by atoms with Gasteiger partial charge >= 0.3 is 5.97 Å². The molecule has 0 aliphatic carbocycles. The zero-order valence-corrected chi connectivity index (χ0v) is 17.5. The normalized spacial score (nSPS) is 18.3. The predicted octanol–water partition coefficient (Wildman–Crippen LogP) is 2.16. The van der Waals surface area contributed by atoms with Gasteiger partial charge in [-0.05, 0) is 37.3 Å². The molecule has 0 saturated carbocycles. The number of ether oxygens (including phenoxy) is 1. The van der Waals surface area contributed by atoms with Gasteiger partial charge in [0, 0.05) is 39.1 Å². The second kappa shape index (κ2) is 10.3. The van der Waals surface area contributed by atoms with Gasteiger partial charge in [-0.2, -0.15) is 0 Å². The molecule has 0 atom stereocenters. The molecular weight excluding hydrogens is 368 g/mol. The van der Waals surface area contributed by atoms with Crippen LogP contribution in [0.3, 0.4) is 0 Å². The molecule has 0 radical (unpaired) electrons. The van der Waals surface area contributed by atoms with Crippen molar-refractivity contribution in [1.29, 1.82) is 0 Å². The third-order valence-corrected chi connectivity index (χ3v) is 5.64. The molecule has 3 rings (SSSR count). The van der Waals surface area contributed by atoms with Crippen LogP contribution in [0.5, 0.6) is 0 Å². The Bertz CT molecular complexity index is 724.